The number of nitrogens with zero attached hydrogens (tertiary/aromatic N) is 2. The minimum atomic E-state index is -3.24. The first-order valence-electron chi connectivity index (χ1n) is 9.82. The Kier molecular flexibility index (Phi) is 7.48. The number of hydrogen-bond donors (Lipinski definition) is 3. The van der Waals surface area contributed by atoms with Crippen molar-refractivity contribution in [3.8, 4) is 0 Å². The summed E-state index contributed by atoms with van der Waals surface area (Å²) >= 11 is 4.52. The van der Waals surface area contributed by atoms with Gasteiger partial charge in [0.1, 0.15) is 15.3 Å². The van der Waals surface area contributed by atoms with E-state index in [2.05, 4.69) is 35.9 Å². The monoisotopic (exact) mass is 515 g/mol. The number of rotatable bonds is 8. The first-order valence-corrected chi connectivity index (χ1v) is 13.1. The number of halogens is 1. The summed E-state index contributed by atoms with van der Waals surface area (Å²) in [5.41, 5.74) is 6.43. The molecule has 1 saturated carbocycles. The summed E-state index contributed by atoms with van der Waals surface area (Å²) < 4.78 is 27.6. The number of hydrogen-bond acceptors (Lipinski definition) is 8. The summed E-state index contributed by atoms with van der Waals surface area (Å²) in [7, 11) is -3.24. The SMILES string of the molecule is CC(C)CS(=O)(=O)N[C@H]1CC[C@H](Nc2nc(N)c(C(=O)c3cccnc3Br)s2)CC1. The number of ketones is 1. The maximum atomic E-state index is 12.8. The molecule has 0 amide bonds. The van der Waals surface area contributed by atoms with Crippen molar-refractivity contribution >= 4 is 54.0 Å². The number of nitrogens with one attached hydrogen (secondary N) is 2. The standard InChI is InChI=1S/C19H26BrN5O3S2/c1-11(2)10-30(27,28)25-13-7-5-12(6-8-13)23-19-24-18(21)16(29-19)15(26)14-4-3-9-22-17(14)20/h3-4,9,11-13,25H,5-8,10,21H2,1-2H3,(H,23,24)/t12-,13-. The van der Waals surface area contributed by atoms with E-state index in [-0.39, 0.29) is 35.4 Å². The summed E-state index contributed by atoms with van der Waals surface area (Å²) in [5, 5.41) is 3.95. The lowest BCUT2D eigenvalue weighted by Crippen LogP contribution is -2.41. The molecule has 0 spiro atoms. The van der Waals surface area contributed by atoms with Crippen LogP contribution in [-0.2, 0) is 10.0 Å². The molecule has 30 heavy (non-hydrogen) atoms. The number of thiazole rings is 1. The molecule has 2 aromatic heterocycles. The molecule has 164 valence electrons. The topological polar surface area (TPSA) is 127 Å². The number of nitrogens with two attached hydrogens (primary N) is 1. The van der Waals surface area contributed by atoms with Crippen LogP contribution in [0.3, 0.4) is 0 Å². The number of carbonyl (C=O) groups excluding carboxylic acids is 1. The average molecular weight is 516 g/mol. The van der Waals surface area contributed by atoms with Crippen molar-refractivity contribution < 1.29 is 13.2 Å². The molecular weight excluding hydrogens is 490 g/mol. The molecule has 4 N–H and O–H groups in total. The predicted molar refractivity (Wildman–Crippen MR) is 123 cm³/mol. The van der Waals surface area contributed by atoms with Crippen LogP contribution in [-0.4, -0.2) is 42.0 Å². The predicted octanol–water partition coefficient (Wildman–Crippen LogP) is 3.41. The molecule has 11 heteroatoms. The van der Waals surface area contributed by atoms with E-state index in [1.165, 1.54) is 11.3 Å². The smallest absolute Gasteiger partial charge is 0.212 e. The van der Waals surface area contributed by atoms with E-state index in [9.17, 15) is 13.2 Å². The van der Waals surface area contributed by atoms with Crippen LogP contribution in [0, 0.1) is 5.92 Å². The van der Waals surface area contributed by atoms with Crippen LogP contribution in [0.2, 0.25) is 0 Å². The molecule has 2 aromatic rings. The van der Waals surface area contributed by atoms with Gasteiger partial charge in [0, 0.05) is 18.3 Å². The lowest BCUT2D eigenvalue weighted by atomic mass is 9.92. The highest BCUT2D eigenvalue weighted by molar-refractivity contribution is 9.10. The largest absolute Gasteiger partial charge is 0.382 e. The summed E-state index contributed by atoms with van der Waals surface area (Å²) in [4.78, 5) is 21.5. The van der Waals surface area contributed by atoms with Gasteiger partial charge in [-0.25, -0.2) is 23.1 Å². The second kappa shape index (κ2) is 9.71. The van der Waals surface area contributed by atoms with Gasteiger partial charge in [0.2, 0.25) is 15.8 Å². The summed E-state index contributed by atoms with van der Waals surface area (Å²) in [6.07, 6.45) is 4.73. The first kappa shape index (κ1) is 23.1. The molecule has 0 radical (unpaired) electrons. The van der Waals surface area contributed by atoms with Crippen LogP contribution < -0.4 is 15.8 Å². The van der Waals surface area contributed by atoms with Crippen LogP contribution in [0.4, 0.5) is 10.9 Å². The Balaban J connectivity index is 1.58. The highest BCUT2D eigenvalue weighted by Gasteiger charge is 2.27. The molecule has 0 unspecified atom stereocenters. The number of anilines is 2. The van der Waals surface area contributed by atoms with Gasteiger partial charge in [0.25, 0.3) is 0 Å². The molecule has 2 heterocycles. The minimum absolute atomic E-state index is 0.0340. The Labute approximate surface area is 189 Å². The molecule has 8 nitrogen and oxygen atoms in total. The zero-order chi connectivity index (χ0) is 21.9. The summed E-state index contributed by atoms with van der Waals surface area (Å²) in [6.45, 7) is 3.79. The molecule has 0 bridgehead atoms. The zero-order valence-electron chi connectivity index (χ0n) is 16.9. The van der Waals surface area contributed by atoms with E-state index in [0.717, 1.165) is 25.7 Å². The third-order valence-electron chi connectivity index (χ3n) is 4.82. The van der Waals surface area contributed by atoms with Crippen molar-refractivity contribution in [2.45, 2.75) is 51.6 Å². The van der Waals surface area contributed by atoms with Gasteiger partial charge in [-0.2, -0.15) is 0 Å². The van der Waals surface area contributed by atoms with E-state index in [1.807, 2.05) is 13.8 Å². The normalized spacial score (nSPS) is 19.7. The third kappa shape index (κ3) is 5.99. The highest BCUT2D eigenvalue weighted by Crippen LogP contribution is 2.31. The van der Waals surface area contributed by atoms with E-state index in [0.29, 0.717) is 20.2 Å². The number of aromatic nitrogens is 2. The minimum Gasteiger partial charge on any atom is -0.382 e. The summed E-state index contributed by atoms with van der Waals surface area (Å²) in [6, 6.07) is 3.51. The molecule has 0 atom stereocenters. The van der Waals surface area contributed by atoms with Crippen LogP contribution in [0.25, 0.3) is 0 Å². The van der Waals surface area contributed by atoms with E-state index < -0.39 is 10.0 Å². The fourth-order valence-corrected chi connectivity index (χ4v) is 6.57. The zero-order valence-corrected chi connectivity index (χ0v) is 20.1. The molecule has 1 aliphatic carbocycles. The lowest BCUT2D eigenvalue weighted by Gasteiger charge is -2.29. The number of carbonyl (C=O) groups is 1. The van der Waals surface area contributed by atoms with E-state index in [4.69, 9.17) is 5.73 Å². The van der Waals surface area contributed by atoms with Crippen LogP contribution in [0.1, 0.15) is 54.8 Å². The molecule has 1 fully saturated rings. The fourth-order valence-electron chi connectivity index (χ4n) is 3.51. The van der Waals surface area contributed by atoms with Crippen LogP contribution >= 0.6 is 27.3 Å². The Morgan fingerprint density at radius 1 is 1.30 bits per heavy atom. The Bertz CT molecular complexity index is 1000. The molecule has 0 saturated heterocycles. The summed E-state index contributed by atoms with van der Waals surface area (Å²) in [5.74, 6) is 0.215. The van der Waals surface area contributed by atoms with Crippen molar-refractivity contribution in [3.63, 3.8) is 0 Å². The van der Waals surface area contributed by atoms with Crippen LogP contribution in [0.15, 0.2) is 22.9 Å². The third-order valence-corrected chi connectivity index (χ3v) is 8.25. The van der Waals surface area contributed by atoms with Gasteiger partial charge in [0.05, 0.1) is 11.3 Å². The molecule has 0 aromatic carbocycles. The van der Waals surface area contributed by atoms with Crippen molar-refractivity contribution in [3.05, 3.63) is 33.4 Å². The van der Waals surface area contributed by atoms with Crippen molar-refractivity contribution in [2.24, 2.45) is 5.92 Å². The maximum absolute atomic E-state index is 12.8. The number of pyridine rings is 1. The van der Waals surface area contributed by atoms with Crippen molar-refractivity contribution in [2.75, 3.05) is 16.8 Å². The molecular formula is C19H26BrN5O3S2. The molecule has 0 aliphatic heterocycles. The van der Waals surface area contributed by atoms with E-state index in [1.54, 1.807) is 18.3 Å². The second-order valence-electron chi connectivity index (χ2n) is 7.89. The van der Waals surface area contributed by atoms with Gasteiger partial charge in [-0.05, 0) is 59.7 Å². The van der Waals surface area contributed by atoms with Crippen molar-refractivity contribution in [1.82, 2.24) is 14.7 Å². The quantitative estimate of drug-likeness (QED) is 0.363. The molecule has 1 aliphatic rings. The Hall–Kier alpha value is -1.56. The maximum Gasteiger partial charge on any atom is 0.212 e. The fraction of sp³-hybridized carbons (Fsp3) is 0.526. The Morgan fingerprint density at radius 3 is 2.60 bits per heavy atom. The van der Waals surface area contributed by atoms with Gasteiger partial charge in [-0.3, -0.25) is 4.79 Å². The first-order chi connectivity index (χ1) is 14.1. The van der Waals surface area contributed by atoms with Crippen LogP contribution in [0.5, 0.6) is 0 Å². The Morgan fingerprint density at radius 2 is 1.97 bits per heavy atom. The van der Waals surface area contributed by atoms with Gasteiger partial charge in [-0.1, -0.05) is 25.2 Å². The van der Waals surface area contributed by atoms with Gasteiger partial charge in [-0.15, -0.1) is 0 Å². The number of nitrogen functional groups attached to an aromatic ring is 1. The number of sulfonamides is 1. The molecule has 3 rings (SSSR count). The average Bonchev–Trinajstić information content (AvgIpc) is 3.02. The van der Waals surface area contributed by atoms with Gasteiger partial charge < -0.3 is 11.1 Å². The van der Waals surface area contributed by atoms with Gasteiger partial charge in [0.15, 0.2) is 5.13 Å². The van der Waals surface area contributed by atoms with E-state index >= 15 is 0 Å². The van der Waals surface area contributed by atoms with Crippen molar-refractivity contribution in [1.29, 1.82) is 0 Å². The second-order valence-corrected chi connectivity index (χ2v) is 11.4. The van der Waals surface area contributed by atoms with Gasteiger partial charge >= 0.3 is 0 Å². The highest BCUT2D eigenvalue weighted by atomic mass is 79.9. The lowest BCUT2D eigenvalue weighted by molar-refractivity contribution is 0.104.